The molecule has 4 N–H and O–H groups in total. The molecule has 0 aromatic heterocycles. The fourth-order valence-corrected chi connectivity index (χ4v) is 3.39. The zero-order valence-electron chi connectivity index (χ0n) is 14.6. The Bertz CT molecular complexity index is 774. The highest BCUT2D eigenvalue weighted by Crippen LogP contribution is 2.33. The number of halogens is 2. The lowest BCUT2D eigenvalue weighted by Crippen LogP contribution is -2.33. The number of hydrogen-bond acceptors (Lipinski definition) is 4. The Labute approximate surface area is 151 Å². The molecular formula is C20H23F2NO3. The van der Waals surface area contributed by atoms with Crippen LogP contribution in [0.5, 0.6) is 0 Å². The molecule has 1 aliphatic rings. The van der Waals surface area contributed by atoms with Crippen LogP contribution in [-0.2, 0) is 11.2 Å². The first-order valence-corrected chi connectivity index (χ1v) is 8.64. The van der Waals surface area contributed by atoms with E-state index in [4.69, 9.17) is 10.5 Å². The van der Waals surface area contributed by atoms with Crippen molar-refractivity contribution in [1.82, 2.24) is 0 Å². The predicted octanol–water partition coefficient (Wildman–Crippen LogP) is 3.02. The van der Waals surface area contributed by atoms with Crippen LogP contribution in [0.1, 0.15) is 41.2 Å². The molecule has 0 radical (unpaired) electrons. The van der Waals surface area contributed by atoms with Crippen molar-refractivity contribution in [2.45, 2.75) is 44.5 Å². The zero-order valence-corrected chi connectivity index (χ0v) is 14.6. The number of aliphatic hydroxyl groups is 2. The molecule has 1 saturated heterocycles. The lowest BCUT2D eigenvalue weighted by Gasteiger charge is -2.32. The molecule has 0 saturated carbocycles. The van der Waals surface area contributed by atoms with Crippen LogP contribution >= 0.6 is 0 Å². The van der Waals surface area contributed by atoms with Crippen LogP contribution in [0.25, 0.3) is 0 Å². The van der Waals surface area contributed by atoms with Gasteiger partial charge in [-0.05, 0) is 41.8 Å². The van der Waals surface area contributed by atoms with E-state index < -0.39 is 29.9 Å². The third-order valence-electron chi connectivity index (χ3n) is 4.77. The Hall–Kier alpha value is -2.02. The van der Waals surface area contributed by atoms with Gasteiger partial charge in [0.2, 0.25) is 0 Å². The lowest BCUT2D eigenvalue weighted by atomic mass is 9.93. The van der Waals surface area contributed by atoms with Crippen molar-refractivity contribution < 1.29 is 23.7 Å². The quantitative estimate of drug-likeness (QED) is 0.730. The second kappa shape index (κ2) is 7.70. The fraction of sp³-hybridized carbons (Fsp3) is 0.400. The molecule has 1 aliphatic heterocycles. The first kappa shape index (κ1) is 18.8. The summed E-state index contributed by atoms with van der Waals surface area (Å²) in [5.41, 5.74) is 8.28. The normalized spacial score (nSPS) is 23.2. The van der Waals surface area contributed by atoms with Crippen LogP contribution in [0.15, 0.2) is 30.3 Å². The van der Waals surface area contributed by atoms with Crippen molar-refractivity contribution in [3.8, 4) is 0 Å². The van der Waals surface area contributed by atoms with E-state index in [1.807, 2.05) is 0 Å². The molecule has 1 heterocycles. The minimum absolute atomic E-state index is 0.0241. The maximum atomic E-state index is 14.2. The van der Waals surface area contributed by atoms with Gasteiger partial charge >= 0.3 is 0 Å². The molecule has 26 heavy (non-hydrogen) atoms. The average Bonchev–Trinajstić information content (AvgIpc) is 2.58. The van der Waals surface area contributed by atoms with Gasteiger partial charge in [-0.1, -0.05) is 12.1 Å². The van der Waals surface area contributed by atoms with E-state index in [0.29, 0.717) is 29.7 Å². The van der Waals surface area contributed by atoms with Crippen LogP contribution in [0.4, 0.5) is 14.5 Å². The molecule has 0 amide bonds. The van der Waals surface area contributed by atoms with Gasteiger partial charge in [0.25, 0.3) is 0 Å². The Morgan fingerprint density at radius 2 is 1.85 bits per heavy atom. The van der Waals surface area contributed by atoms with Crippen molar-refractivity contribution in [2.75, 3.05) is 12.3 Å². The monoisotopic (exact) mass is 363 g/mol. The molecule has 0 bridgehead atoms. The second-order valence-electron chi connectivity index (χ2n) is 6.90. The summed E-state index contributed by atoms with van der Waals surface area (Å²) in [6.45, 7) is 1.46. The van der Waals surface area contributed by atoms with E-state index in [1.54, 1.807) is 25.1 Å². The molecule has 6 heteroatoms. The summed E-state index contributed by atoms with van der Waals surface area (Å²) >= 11 is 0. The van der Waals surface area contributed by atoms with Crippen molar-refractivity contribution in [3.05, 3.63) is 64.2 Å². The number of anilines is 1. The van der Waals surface area contributed by atoms with E-state index in [2.05, 4.69) is 0 Å². The predicted molar refractivity (Wildman–Crippen MR) is 94.7 cm³/mol. The summed E-state index contributed by atoms with van der Waals surface area (Å²) in [7, 11) is 0. The van der Waals surface area contributed by atoms with Gasteiger partial charge in [-0.25, -0.2) is 8.78 Å². The summed E-state index contributed by atoms with van der Waals surface area (Å²) in [5.74, 6) is -1.20. The largest absolute Gasteiger partial charge is 0.398 e. The molecule has 0 spiro atoms. The van der Waals surface area contributed by atoms with Gasteiger partial charge in [0.05, 0.1) is 24.9 Å². The van der Waals surface area contributed by atoms with Gasteiger partial charge < -0.3 is 20.7 Å². The van der Waals surface area contributed by atoms with Crippen LogP contribution in [0.2, 0.25) is 0 Å². The minimum atomic E-state index is -0.600. The first-order valence-electron chi connectivity index (χ1n) is 8.64. The van der Waals surface area contributed by atoms with Crippen LogP contribution in [0.3, 0.4) is 0 Å². The molecule has 0 aliphatic carbocycles. The Morgan fingerprint density at radius 3 is 2.50 bits per heavy atom. The summed E-state index contributed by atoms with van der Waals surface area (Å²) < 4.78 is 34.1. The zero-order chi connectivity index (χ0) is 18.8. The maximum Gasteiger partial charge on any atom is 0.129 e. The third kappa shape index (κ3) is 4.03. The number of benzene rings is 2. The number of hydrogen-bond donors (Lipinski definition) is 3. The van der Waals surface area contributed by atoms with Crippen molar-refractivity contribution in [2.24, 2.45) is 0 Å². The summed E-state index contributed by atoms with van der Waals surface area (Å²) in [6.07, 6.45) is -0.600. The molecule has 140 valence electrons. The molecular weight excluding hydrogens is 340 g/mol. The number of nitrogen functional groups attached to an aromatic ring is 1. The molecule has 1 fully saturated rings. The SMILES string of the molecule is Cc1cc(F)c(Cc2cc([C@H]3C[C@@H](O)C[C@@H](CO)O3)ccc2N)c(F)c1. The fourth-order valence-electron chi connectivity index (χ4n) is 3.39. The minimum Gasteiger partial charge on any atom is -0.398 e. The summed E-state index contributed by atoms with van der Waals surface area (Å²) in [5, 5.41) is 19.3. The van der Waals surface area contributed by atoms with Crippen LogP contribution in [-0.4, -0.2) is 29.0 Å². The highest BCUT2D eigenvalue weighted by molar-refractivity contribution is 5.51. The van der Waals surface area contributed by atoms with E-state index in [0.717, 1.165) is 5.56 Å². The third-order valence-corrected chi connectivity index (χ3v) is 4.77. The Kier molecular flexibility index (Phi) is 5.55. The molecule has 2 aromatic carbocycles. The van der Waals surface area contributed by atoms with E-state index in [1.165, 1.54) is 12.1 Å². The standard InChI is InChI=1S/C20H23F2NO3/c1-11-4-17(21)16(18(22)5-11)7-13-6-12(2-3-19(13)23)20-9-14(25)8-15(10-24)26-20/h2-6,14-15,20,24-25H,7-10,23H2,1H3/t14-,15-,20+/m0/s1. The Morgan fingerprint density at radius 1 is 1.15 bits per heavy atom. The van der Waals surface area contributed by atoms with E-state index in [-0.39, 0.29) is 18.6 Å². The van der Waals surface area contributed by atoms with Crippen molar-refractivity contribution in [3.63, 3.8) is 0 Å². The second-order valence-corrected chi connectivity index (χ2v) is 6.90. The van der Waals surface area contributed by atoms with E-state index >= 15 is 0 Å². The maximum absolute atomic E-state index is 14.2. The van der Waals surface area contributed by atoms with Crippen molar-refractivity contribution >= 4 is 5.69 Å². The number of rotatable bonds is 4. The lowest BCUT2D eigenvalue weighted by molar-refractivity contribution is -0.113. The van der Waals surface area contributed by atoms with Gasteiger partial charge in [-0.15, -0.1) is 0 Å². The number of nitrogens with two attached hydrogens (primary N) is 1. The number of aryl methyl sites for hydroxylation is 1. The van der Waals surface area contributed by atoms with Gasteiger partial charge in [0.1, 0.15) is 11.6 Å². The van der Waals surface area contributed by atoms with Crippen LogP contribution < -0.4 is 5.73 Å². The topological polar surface area (TPSA) is 75.7 Å². The average molecular weight is 363 g/mol. The number of ether oxygens (including phenoxy) is 1. The van der Waals surface area contributed by atoms with Gasteiger partial charge in [-0.2, -0.15) is 0 Å². The first-order chi connectivity index (χ1) is 12.4. The Balaban J connectivity index is 1.89. The molecule has 0 unspecified atom stereocenters. The van der Waals surface area contributed by atoms with Gasteiger partial charge in [-0.3, -0.25) is 0 Å². The molecule has 4 nitrogen and oxygen atoms in total. The van der Waals surface area contributed by atoms with Crippen LogP contribution in [0, 0.1) is 18.6 Å². The van der Waals surface area contributed by atoms with Gasteiger partial charge in [0.15, 0.2) is 0 Å². The van der Waals surface area contributed by atoms with E-state index in [9.17, 15) is 19.0 Å². The smallest absolute Gasteiger partial charge is 0.129 e. The highest BCUT2D eigenvalue weighted by atomic mass is 19.1. The molecule has 3 rings (SSSR count). The van der Waals surface area contributed by atoms with Crippen molar-refractivity contribution in [1.29, 1.82) is 0 Å². The molecule has 2 aromatic rings. The van der Waals surface area contributed by atoms with Gasteiger partial charge in [0, 0.05) is 30.5 Å². The summed E-state index contributed by atoms with van der Waals surface area (Å²) in [4.78, 5) is 0. The summed E-state index contributed by atoms with van der Waals surface area (Å²) in [6, 6.07) is 7.80. The highest BCUT2D eigenvalue weighted by Gasteiger charge is 2.29. The number of aliphatic hydroxyl groups excluding tert-OH is 2. The molecule has 3 atom stereocenters.